The van der Waals surface area contributed by atoms with E-state index in [0.717, 1.165) is 35.2 Å². The van der Waals surface area contributed by atoms with Gasteiger partial charge in [-0.1, -0.05) is 59.5 Å². The van der Waals surface area contributed by atoms with Crippen LogP contribution in [-0.4, -0.2) is 16.1 Å². The van der Waals surface area contributed by atoms with Crippen LogP contribution in [0.3, 0.4) is 0 Å². The second-order valence-corrected chi connectivity index (χ2v) is 7.74. The molecule has 3 N–H and O–H groups in total. The Morgan fingerprint density at radius 1 is 1.11 bits per heavy atom. The lowest BCUT2D eigenvalue weighted by Crippen LogP contribution is -2.19. The summed E-state index contributed by atoms with van der Waals surface area (Å²) in [4.78, 5) is 12.8. The Balaban J connectivity index is 1.85. The van der Waals surface area contributed by atoms with E-state index in [-0.39, 0.29) is 10.8 Å². The first-order valence-electron chi connectivity index (χ1n) is 7.61. The summed E-state index contributed by atoms with van der Waals surface area (Å²) in [5.74, 6) is -0.473. The predicted molar refractivity (Wildman–Crippen MR) is 99.4 cm³/mol. The zero-order chi connectivity index (χ0) is 19.4. The number of nitrogens with zero attached hydrogens (tertiary/aromatic N) is 2. The standard InChI is InChI=1S/C17H13F3N4OS2/c18-17(19,20)11-7-4-8-12(9-11)22-14(25)13(10-5-2-1-3-6-10)26-16-24-23-15(21)27-16/h1-9,13H,(H2,21,23)(H,22,25)/t13-/m0/s1. The summed E-state index contributed by atoms with van der Waals surface area (Å²) in [7, 11) is 0. The molecule has 2 aromatic carbocycles. The normalized spacial score (nSPS) is 12.6. The van der Waals surface area contributed by atoms with Crippen molar-refractivity contribution in [3.63, 3.8) is 0 Å². The summed E-state index contributed by atoms with van der Waals surface area (Å²) in [5, 5.41) is 9.69. The number of amides is 1. The smallest absolute Gasteiger partial charge is 0.374 e. The van der Waals surface area contributed by atoms with Crippen LogP contribution >= 0.6 is 23.1 Å². The van der Waals surface area contributed by atoms with Crippen LogP contribution in [-0.2, 0) is 11.0 Å². The molecule has 0 unspecified atom stereocenters. The topological polar surface area (TPSA) is 80.9 Å². The van der Waals surface area contributed by atoms with Gasteiger partial charge in [0.25, 0.3) is 0 Å². The van der Waals surface area contributed by atoms with Crippen LogP contribution in [0.2, 0.25) is 0 Å². The zero-order valence-electron chi connectivity index (χ0n) is 13.6. The van der Waals surface area contributed by atoms with Crippen LogP contribution in [0.4, 0.5) is 24.0 Å². The summed E-state index contributed by atoms with van der Waals surface area (Å²) in [6.45, 7) is 0. The van der Waals surface area contributed by atoms with Gasteiger partial charge in [-0.15, -0.1) is 10.2 Å². The largest absolute Gasteiger partial charge is 0.416 e. The lowest BCUT2D eigenvalue weighted by Gasteiger charge is -2.16. The van der Waals surface area contributed by atoms with Crippen molar-refractivity contribution < 1.29 is 18.0 Å². The molecule has 0 saturated heterocycles. The number of thioether (sulfide) groups is 1. The molecule has 0 aliphatic rings. The van der Waals surface area contributed by atoms with Crippen molar-refractivity contribution in [3.05, 3.63) is 65.7 Å². The third-order valence-corrected chi connectivity index (χ3v) is 5.53. The number of halogens is 3. The van der Waals surface area contributed by atoms with Gasteiger partial charge in [0.15, 0.2) is 4.34 Å². The Morgan fingerprint density at radius 2 is 1.85 bits per heavy atom. The van der Waals surface area contributed by atoms with Crippen molar-refractivity contribution in [3.8, 4) is 0 Å². The van der Waals surface area contributed by atoms with Crippen molar-refractivity contribution >= 4 is 39.8 Å². The second-order valence-electron chi connectivity index (χ2n) is 5.38. The summed E-state index contributed by atoms with van der Waals surface area (Å²) in [5.41, 5.74) is 5.49. The number of aromatic nitrogens is 2. The van der Waals surface area contributed by atoms with E-state index >= 15 is 0 Å². The van der Waals surface area contributed by atoms with Gasteiger partial charge >= 0.3 is 6.18 Å². The number of nitrogens with one attached hydrogen (secondary N) is 1. The van der Waals surface area contributed by atoms with E-state index in [4.69, 9.17) is 5.73 Å². The molecule has 0 radical (unpaired) electrons. The van der Waals surface area contributed by atoms with E-state index in [1.807, 2.05) is 0 Å². The quantitative estimate of drug-likeness (QED) is 0.601. The fourth-order valence-corrected chi connectivity index (χ4v) is 4.08. The molecule has 0 aliphatic heterocycles. The average Bonchev–Trinajstić information content (AvgIpc) is 3.05. The number of rotatable bonds is 5. The molecule has 3 rings (SSSR count). The third kappa shape index (κ3) is 4.98. The van der Waals surface area contributed by atoms with E-state index < -0.39 is 22.9 Å². The summed E-state index contributed by atoms with van der Waals surface area (Å²) < 4.78 is 39.1. The van der Waals surface area contributed by atoms with Crippen LogP contribution in [0.5, 0.6) is 0 Å². The Bertz CT molecular complexity index is 931. The van der Waals surface area contributed by atoms with Crippen molar-refractivity contribution in [2.45, 2.75) is 15.8 Å². The molecule has 0 saturated carbocycles. The molecular weight excluding hydrogens is 397 g/mol. The number of nitrogens with two attached hydrogens (primary N) is 1. The highest BCUT2D eigenvalue weighted by atomic mass is 32.2. The fourth-order valence-electron chi connectivity index (χ4n) is 2.25. The first-order valence-corrected chi connectivity index (χ1v) is 9.31. The molecule has 0 spiro atoms. The van der Waals surface area contributed by atoms with Gasteiger partial charge in [0.05, 0.1) is 5.56 Å². The maximum absolute atomic E-state index is 12.9. The number of nitrogen functional groups attached to an aromatic ring is 1. The van der Waals surface area contributed by atoms with Crippen LogP contribution in [0, 0.1) is 0 Å². The number of benzene rings is 2. The minimum atomic E-state index is -4.49. The average molecular weight is 410 g/mol. The fraction of sp³-hybridized carbons (Fsp3) is 0.118. The highest BCUT2D eigenvalue weighted by Crippen LogP contribution is 2.38. The van der Waals surface area contributed by atoms with E-state index in [1.54, 1.807) is 30.3 Å². The van der Waals surface area contributed by atoms with Crippen LogP contribution in [0.1, 0.15) is 16.4 Å². The molecule has 3 aromatic rings. The highest BCUT2D eigenvalue weighted by Gasteiger charge is 2.31. The number of carbonyl (C=O) groups excluding carboxylic acids is 1. The first-order chi connectivity index (χ1) is 12.8. The van der Waals surface area contributed by atoms with Gasteiger partial charge in [-0.05, 0) is 23.8 Å². The Hall–Kier alpha value is -2.59. The Labute approximate surface area is 160 Å². The van der Waals surface area contributed by atoms with Gasteiger partial charge in [-0.2, -0.15) is 13.2 Å². The third-order valence-electron chi connectivity index (χ3n) is 3.44. The van der Waals surface area contributed by atoms with E-state index in [2.05, 4.69) is 15.5 Å². The van der Waals surface area contributed by atoms with Crippen molar-refractivity contribution in [2.75, 3.05) is 11.1 Å². The summed E-state index contributed by atoms with van der Waals surface area (Å²) in [6.07, 6.45) is -4.49. The van der Waals surface area contributed by atoms with Crippen LogP contribution < -0.4 is 11.1 Å². The number of carbonyl (C=O) groups is 1. The highest BCUT2D eigenvalue weighted by molar-refractivity contribution is 8.02. The SMILES string of the molecule is Nc1nnc(S[C@H](C(=O)Nc2cccc(C(F)(F)F)c2)c2ccccc2)s1. The Kier molecular flexibility index (Phi) is 5.66. The number of hydrogen-bond donors (Lipinski definition) is 2. The molecule has 1 heterocycles. The maximum Gasteiger partial charge on any atom is 0.416 e. The molecule has 27 heavy (non-hydrogen) atoms. The predicted octanol–water partition coefficient (Wildman–Crippen LogP) is 4.61. The molecule has 0 bridgehead atoms. The monoisotopic (exact) mass is 410 g/mol. The molecule has 1 atom stereocenters. The number of hydrogen-bond acceptors (Lipinski definition) is 6. The first kappa shape index (κ1) is 19.2. The van der Waals surface area contributed by atoms with Gasteiger partial charge in [-0.3, -0.25) is 4.79 Å². The van der Waals surface area contributed by atoms with Crippen molar-refractivity contribution in [1.82, 2.24) is 10.2 Å². The van der Waals surface area contributed by atoms with E-state index in [1.165, 1.54) is 12.1 Å². The number of alkyl halides is 3. The molecular formula is C17H13F3N4OS2. The molecule has 0 aliphatic carbocycles. The van der Waals surface area contributed by atoms with Crippen molar-refractivity contribution in [2.24, 2.45) is 0 Å². The number of anilines is 2. The van der Waals surface area contributed by atoms with Gasteiger partial charge < -0.3 is 11.1 Å². The van der Waals surface area contributed by atoms with Gasteiger partial charge in [0.2, 0.25) is 11.0 Å². The summed E-state index contributed by atoms with van der Waals surface area (Å²) >= 11 is 2.26. The van der Waals surface area contributed by atoms with Gasteiger partial charge in [0, 0.05) is 5.69 Å². The molecule has 1 aromatic heterocycles. The Morgan fingerprint density at radius 3 is 2.48 bits per heavy atom. The van der Waals surface area contributed by atoms with E-state index in [0.29, 0.717) is 9.90 Å². The molecule has 10 heteroatoms. The zero-order valence-corrected chi connectivity index (χ0v) is 15.2. The molecule has 1 amide bonds. The van der Waals surface area contributed by atoms with Crippen LogP contribution in [0.15, 0.2) is 58.9 Å². The summed E-state index contributed by atoms with van der Waals surface area (Å²) in [6, 6.07) is 13.4. The van der Waals surface area contributed by atoms with Crippen molar-refractivity contribution in [1.29, 1.82) is 0 Å². The van der Waals surface area contributed by atoms with Gasteiger partial charge in [0.1, 0.15) is 5.25 Å². The minimum Gasteiger partial charge on any atom is -0.374 e. The molecule has 5 nitrogen and oxygen atoms in total. The van der Waals surface area contributed by atoms with Gasteiger partial charge in [-0.25, -0.2) is 0 Å². The minimum absolute atomic E-state index is 0.0631. The molecule has 140 valence electrons. The lowest BCUT2D eigenvalue weighted by molar-refractivity contribution is -0.137. The lowest BCUT2D eigenvalue weighted by atomic mass is 10.1. The van der Waals surface area contributed by atoms with E-state index in [9.17, 15) is 18.0 Å². The maximum atomic E-state index is 12.9. The molecule has 0 fully saturated rings. The second kappa shape index (κ2) is 7.97. The van der Waals surface area contributed by atoms with Crippen LogP contribution in [0.25, 0.3) is 0 Å².